The van der Waals surface area contributed by atoms with Crippen LogP contribution in [-0.2, 0) is 16.0 Å². The Labute approximate surface area is 273 Å². The lowest BCUT2D eigenvalue weighted by Crippen LogP contribution is -2.36. The third-order valence-corrected chi connectivity index (χ3v) is 9.61. The molecule has 0 saturated heterocycles. The van der Waals surface area contributed by atoms with Crippen LogP contribution in [0.5, 0.6) is 0 Å². The fourth-order valence-electron chi connectivity index (χ4n) is 3.94. The largest absolute Gasteiger partial charge is 0.364 e. The van der Waals surface area contributed by atoms with E-state index in [9.17, 15) is 19.2 Å². The van der Waals surface area contributed by atoms with E-state index in [1.165, 1.54) is 47.0 Å². The standard InChI is InChI=1S/C29H26N8O4S4/c1-4-6-22-32-18(10-42-22)23-15(27-35-19(11-43-27)24(30)39)7-8-17(33-23)28-37-21(13-45-28)29-36-20(12-44-29)26(41)34-16(5-2)25(40)31-9-14(3)38/h5,7-8,10-13H,4,6,9H2,1-3H3,(H2,30,39)(H,31,40)(H,34,41)/b16-5-. The molecule has 0 aliphatic rings. The Bertz CT molecular complexity index is 1940. The number of carbonyl (C=O) groups excluding carboxylic acids is 4. The minimum Gasteiger partial charge on any atom is -0.364 e. The van der Waals surface area contributed by atoms with E-state index in [4.69, 9.17) is 20.7 Å². The Hall–Kier alpha value is -4.51. The number of nitrogens with zero attached hydrogens (tertiary/aromatic N) is 5. The highest BCUT2D eigenvalue weighted by Crippen LogP contribution is 2.37. The summed E-state index contributed by atoms with van der Waals surface area (Å²) in [5.74, 6) is -1.94. The summed E-state index contributed by atoms with van der Waals surface area (Å²) in [4.78, 5) is 71.3. The van der Waals surface area contributed by atoms with Crippen LogP contribution >= 0.6 is 45.3 Å². The van der Waals surface area contributed by atoms with Crippen molar-refractivity contribution in [2.24, 2.45) is 5.73 Å². The molecule has 0 radical (unpaired) electrons. The molecule has 0 aromatic carbocycles. The lowest BCUT2D eigenvalue weighted by Gasteiger charge is -2.08. The molecule has 4 N–H and O–H groups in total. The molecule has 0 fully saturated rings. The van der Waals surface area contributed by atoms with Crippen LogP contribution in [0, 0.1) is 0 Å². The van der Waals surface area contributed by atoms with Gasteiger partial charge in [-0.25, -0.2) is 24.9 Å². The number of amides is 3. The molecule has 45 heavy (non-hydrogen) atoms. The van der Waals surface area contributed by atoms with Crippen LogP contribution in [0.3, 0.4) is 0 Å². The quantitative estimate of drug-likeness (QED) is 0.154. The molecule has 0 atom stereocenters. The smallest absolute Gasteiger partial charge is 0.275 e. The average molecular weight is 679 g/mol. The van der Waals surface area contributed by atoms with Gasteiger partial charge in [0.15, 0.2) is 0 Å². The molecule has 0 spiro atoms. The van der Waals surface area contributed by atoms with Gasteiger partial charge in [-0.05, 0) is 38.8 Å². The number of allylic oxidation sites excluding steroid dienone is 1. The van der Waals surface area contributed by atoms with Crippen molar-refractivity contribution in [3.63, 3.8) is 0 Å². The lowest BCUT2D eigenvalue weighted by atomic mass is 10.1. The van der Waals surface area contributed by atoms with Crippen LogP contribution < -0.4 is 16.4 Å². The van der Waals surface area contributed by atoms with Gasteiger partial charge in [-0.3, -0.25) is 19.2 Å². The van der Waals surface area contributed by atoms with E-state index in [2.05, 4.69) is 27.5 Å². The van der Waals surface area contributed by atoms with Gasteiger partial charge in [0.2, 0.25) is 0 Å². The molecule has 5 aromatic rings. The van der Waals surface area contributed by atoms with Crippen LogP contribution in [0.4, 0.5) is 0 Å². The molecule has 12 nitrogen and oxygen atoms in total. The Morgan fingerprint density at radius 3 is 2.22 bits per heavy atom. The van der Waals surface area contributed by atoms with Crippen molar-refractivity contribution >= 4 is 68.9 Å². The van der Waals surface area contributed by atoms with E-state index >= 15 is 0 Å². The molecule has 5 rings (SSSR count). The number of pyridine rings is 1. The summed E-state index contributed by atoms with van der Waals surface area (Å²) in [6.07, 6.45) is 3.27. The maximum Gasteiger partial charge on any atom is 0.275 e. The Kier molecular flexibility index (Phi) is 9.97. The average Bonchev–Trinajstić information content (AvgIpc) is 3.84. The number of nitrogens with two attached hydrogens (primary N) is 1. The molecule has 5 heterocycles. The van der Waals surface area contributed by atoms with Gasteiger partial charge < -0.3 is 16.4 Å². The zero-order valence-corrected chi connectivity index (χ0v) is 27.5. The van der Waals surface area contributed by atoms with E-state index < -0.39 is 17.7 Å². The normalized spacial score (nSPS) is 11.4. The van der Waals surface area contributed by atoms with Crippen molar-refractivity contribution < 1.29 is 19.2 Å². The van der Waals surface area contributed by atoms with Gasteiger partial charge >= 0.3 is 0 Å². The van der Waals surface area contributed by atoms with Crippen molar-refractivity contribution in [2.45, 2.75) is 33.6 Å². The summed E-state index contributed by atoms with van der Waals surface area (Å²) >= 11 is 5.49. The number of primary amides is 1. The van der Waals surface area contributed by atoms with Gasteiger partial charge in [-0.2, -0.15) is 0 Å². The number of rotatable bonds is 12. The second kappa shape index (κ2) is 14.1. The molecule has 0 aliphatic heterocycles. The molecule has 0 saturated carbocycles. The van der Waals surface area contributed by atoms with Gasteiger partial charge in [0.1, 0.15) is 55.0 Å². The van der Waals surface area contributed by atoms with Gasteiger partial charge in [0.05, 0.1) is 17.2 Å². The molecule has 0 bridgehead atoms. The Morgan fingerprint density at radius 2 is 1.51 bits per heavy atom. The first kappa shape index (κ1) is 31.9. The van der Waals surface area contributed by atoms with Gasteiger partial charge in [-0.15, -0.1) is 45.3 Å². The maximum absolute atomic E-state index is 12.8. The second-order valence-electron chi connectivity index (χ2n) is 9.49. The van der Waals surface area contributed by atoms with E-state index in [1.807, 2.05) is 22.9 Å². The summed E-state index contributed by atoms with van der Waals surface area (Å²) in [5.41, 5.74) is 9.01. The summed E-state index contributed by atoms with van der Waals surface area (Å²) in [7, 11) is 0. The number of hydrogen-bond donors (Lipinski definition) is 3. The number of thiazole rings is 4. The SMILES string of the molecule is C/C=C(\NC(=O)c1csc(-c2csc(-c3ccc(-c4nc(C(N)=O)cs4)c(-c4csc(CCC)n4)n3)n2)n1)C(=O)NCC(C)=O. The topological polar surface area (TPSA) is 183 Å². The van der Waals surface area contributed by atoms with E-state index in [1.54, 1.807) is 29.0 Å². The number of aromatic nitrogens is 5. The van der Waals surface area contributed by atoms with E-state index in [-0.39, 0.29) is 29.4 Å². The van der Waals surface area contributed by atoms with E-state index in [0.29, 0.717) is 37.8 Å². The number of Topliss-reactive ketones (excluding diaryl/α,β-unsaturated/α-hetero) is 1. The zero-order valence-electron chi connectivity index (χ0n) is 24.2. The first-order chi connectivity index (χ1) is 21.7. The van der Waals surface area contributed by atoms with Gasteiger partial charge in [-0.1, -0.05) is 13.0 Å². The summed E-state index contributed by atoms with van der Waals surface area (Å²) < 4.78 is 0. The van der Waals surface area contributed by atoms with Crippen LogP contribution in [0.15, 0.2) is 45.4 Å². The van der Waals surface area contributed by atoms with E-state index in [0.717, 1.165) is 23.4 Å². The Morgan fingerprint density at radius 1 is 0.822 bits per heavy atom. The van der Waals surface area contributed by atoms with Crippen molar-refractivity contribution in [3.8, 4) is 43.4 Å². The number of nitrogens with one attached hydrogen (secondary N) is 2. The van der Waals surface area contributed by atoms with Crippen LogP contribution in [-0.4, -0.2) is 55.0 Å². The molecular formula is C29H26N8O4S4. The molecule has 0 aliphatic carbocycles. The minimum atomic E-state index is -0.599. The fourth-order valence-corrected chi connectivity index (χ4v) is 7.26. The molecule has 0 unspecified atom stereocenters. The van der Waals surface area contributed by atoms with Gasteiger partial charge in [0.25, 0.3) is 17.7 Å². The predicted octanol–water partition coefficient (Wildman–Crippen LogP) is 4.97. The summed E-state index contributed by atoms with van der Waals surface area (Å²) in [6.45, 7) is 4.92. The van der Waals surface area contributed by atoms with Crippen LogP contribution in [0.25, 0.3) is 43.4 Å². The number of ketones is 1. The van der Waals surface area contributed by atoms with Crippen molar-refractivity contribution in [3.05, 3.63) is 61.8 Å². The molecule has 5 aromatic heterocycles. The first-order valence-corrected chi connectivity index (χ1v) is 17.1. The van der Waals surface area contributed by atoms with Crippen molar-refractivity contribution in [1.29, 1.82) is 0 Å². The lowest BCUT2D eigenvalue weighted by molar-refractivity contribution is -0.122. The van der Waals surface area contributed by atoms with Crippen LogP contribution in [0.2, 0.25) is 0 Å². The second-order valence-corrected chi connectivity index (χ2v) is 13.0. The van der Waals surface area contributed by atoms with Crippen molar-refractivity contribution in [1.82, 2.24) is 35.6 Å². The highest BCUT2D eigenvalue weighted by Gasteiger charge is 2.21. The zero-order chi connectivity index (χ0) is 32.1. The van der Waals surface area contributed by atoms with Crippen molar-refractivity contribution in [2.75, 3.05) is 6.54 Å². The van der Waals surface area contributed by atoms with Crippen LogP contribution in [0.1, 0.15) is 53.2 Å². The molecular weight excluding hydrogens is 653 g/mol. The monoisotopic (exact) mass is 678 g/mol. The van der Waals surface area contributed by atoms with Gasteiger partial charge in [0, 0.05) is 27.1 Å². The summed E-state index contributed by atoms with van der Waals surface area (Å²) in [5, 5.41) is 14.8. The predicted molar refractivity (Wildman–Crippen MR) is 176 cm³/mol. The molecule has 16 heteroatoms. The highest BCUT2D eigenvalue weighted by atomic mass is 32.1. The number of hydrogen-bond acceptors (Lipinski definition) is 13. The number of carbonyl (C=O) groups is 4. The third kappa shape index (κ3) is 7.42. The first-order valence-electron chi connectivity index (χ1n) is 13.5. The molecule has 3 amide bonds. The minimum absolute atomic E-state index is 0.0163. The Balaban J connectivity index is 1.40. The summed E-state index contributed by atoms with van der Waals surface area (Å²) in [6, 6.07) is 3.72. The number of aryl methyl sites for hydroxylation is 1. The maximum atomic E-state index is 12.8. The highest BCUT2D eigenvalue weighted by molar-refractivity contribution is 7.15. The third-order valence-electron chi connectivity index (χ3n) is 6.10. The molecule has 230 valence electrons. The fraction of sp³-hybridized carbons (Fsp3) is 0.207.